The first-order chi connectivity index (χ1) is 19.2. The minimum absolute atomic E-state index is 0.117. The summed E-state index contributed by atoms with van der Waals surface area (Å²) in [6.45, 7) is 18.7. The van der Waals surface area contributed by atoms with Crippen LogP contribution in [0.5, 0.6) is 0 Å². The first-order valence-electron chi connectivity index (χ1n) is 12.8. The molecule has 1 aliphatic heterocycles. The fourth-order valence-electron chi connectivity index (χ4n) is 4.76. The van der Waals surface area contributed by atoms with Crippen LogP contribution in [0, 0.1) is 13.1 Å². The lowest BCUT2D eigenvalue weighted by Gasteiger charge is -2.39. The average Bonchev–Trinajstić information content (AvgIpc) is 3.47. The molecule has 1 saturated heterocycles. The molecule has 0 atom stereocenters. The van der Waals surface area contributed by atoms with Crippen LogP contribution in [-0.2, 0) is 0 Å². The van der Waals surface area contributed by atoms with E-state index in [1.807, 2.05) is 49.3 Å². The average molecular weight is 550 g/mol. The van der Waals surface area contributed by atoms with Crippen molar-refractivity contribution >= 4 is 51.1 Å². The number of nitrogens with zero attached hydrogens (tertiary/aromatic N) is 8. The molecule has 0 spiro atoms. The van der Waals surface area contributed by atoms with E-state index in [2.05, 4.69) is 38.9 Å². The second-order valence-electron chi connectivity index (χ2n) is 10.5. The molecule has 0 amide bonds. The van der Waals surface area contributed by atoms with Gasteiger partial charge >= 0.3 is 5.82 Å². The quantitative estimate of drug-likeness (QED) is 0.162. The van der Waals surface area contributed by atoms with Crippen LogP contribution in [0.4, 0.5) is 22.3 Å². The van der Waals surface area contributed by atoms with Crippen molar-refractivity contribution in [1.29, 1.82) is 0 Å². The molecule has 1 aliphatic carbocycles. The summed E-state index contributed by atoms with van der Waals surface area (Å²) in [5, 5.41) is 9.32. The number of aromatic nitrogens is 1. The normalized spacial score (nSPS) is 17.1. The van der Waals surface area contributed by atoms with E-state index in [4.69, 9.17) is 18.1 Å². The molecule has 0 saturated carbocycles. The van der Waals surface area contributed by atoms with Crippen LogP contribution in [0.2, 0.25) is 0 Å². The molecule has 2 heterocycles. The van der Waals surface area contributed by atoms with E-state index >= 15 is 0 Å². The molecule has 0 bridgehead atoms. The molecule has 2 aromatic carbocycles. The van der Waals surface area contributed by atoms with Gasteiger partial charge in [-0.05, 0) is 35.9 Å². The second kappa shape index (κ2) is 10.9. The molecule has 40 heavy (non-hydrogen) atoms. The number of Topliss-reactive ketones (excluding diaryl/α,β-unsaturated/α-hetero) is 1. The second-order valence-corrected chi connectivity index (χ2v) is 11.5. The van der Waals surface area contributed by atoms with Crippen molar-refractivity contribution in [2.24, 2.45) is 10.2 Å². The van der Waals surface area contributed by atoms with Gasteiger partial charge in [-0.3, -0.25) is 4.79 Å². The number of benzene rings is 2. The van der Waals surface area contributed by atoms with E-state index in [1.54, 1.807) is 24.3 Å². The van der Waals surface area contributed by atoms with E-state index < -0.39 is 0 Å². The maximum absolute atomic E-state index is 13.5. The number of piperazine rings is 1. The van der Waals surface area contributed by atoms with Crippen LogP contribution in [0.25, 0.3) is 21.3 Å². The molecule has 3 aromatic rings. The minimum atomic E-state index is -0.199. The fourth-order valence-corrected chi connectivity index (χ4v) is 5.61. The lowest BCUT2D eigenvalue weighted by molar-refractivity contribution is -0.890. The van der Waals surface area contributed by atoms with Crippen LogP contribution < -0.4 is 9.80 Å². The van der Waals surface area contributed by atoms with Crippen molar-refractivity contribution < 1.29 is 9.28 Å². The summed E-state index contributed by atoms with van der Waals surface area (Å²) in [6, 6.07) is 14.9. The first-order valence-corrected chi connectivity index (χ1v) is 13.6. The number of rotatable bonds is 5. The number of hydrogen-bond donors (Lipinski definition) is 0. The Balaban J connectivity index is 1.58. The molecule has 10 heteroatoms. The van der Waals surface area contributed by atoms with Crippen LogP contribution in [-0.4, -0.2) is 69.6 Å². The number of carbonyl (C=O) groups excluding carboxylic acids is 1. The van der Waals surface area contributed by atoms with Crippen molar-refractivity contribution in [2.45, 2.75) is 0 Å². The number of ketones is 1. The van der Waals surface area contributed by atoms with Crippen LogP contribution in [0.15, 0.2) is 70.2 Å². The topological polar surface area (TPSA) is 69.9 Å². The summed E-state index contributed by atoms with van der Waals surface area (Å²) in [7, 11) is 8.39. The van der Waals surface area contributed by atoms with Gasteiger partial charge in [0.05, 0.1) is 56.4 Å². The molecule has 200 valence electrons. The Bertz CT molecular complexity index is 1620. The van der Waals surface area contributed by atoms with Crippen molar-refractivity contribution in [1.82, 2.24) is 4.98 Å². The molecule has 0 radical (unpaired) electrons. The maximum atomic E-state index is 13.5. The van der Waals surface area contributed by atoms with Crippen LogP contribution in [0.1, 0.15) is 20.8 Å². The van der Waals surface area contributed by atoms with E-state index in [1.165, 1.54) is 11.3 Å². The van der Waals surface area contributed by atoms with E-state index in [0.717, 1.165) is 47.0 Å². The molecule has 1 aromatic heterocycles. The summed E-state index contributed by atoms with van der Waals surface area (Å²) >= 11 is 1.34. The zero-order valence-corrected chi connectivity index (χ0v) is 23.7. The predicted molar refractivity (Wildman–Crippen MR) is 160 cm³/mol. The summed E-state index contributed by atoms with van der Waals surface area (Å²) in [4.78, 5) is 30.3. The van der Waals surface area contributed by atoms with Gasteiger partial charge < -0.3 is 14.3 Å². The van der Waals surface area contributed by atoms with Gasteiger partial charge in [0.1, 0.15) is 19.0 Å². The highest BCUT2D eigenvalue weighted by Crippen LogP contribution is 2.43. The molecule has 9 nitrogen and oxygen atoms in total. The number of fused-ring (bicyclic) bond motifs is 1. The van der Waals surface area contributed by atoms with Crippen molar-refractivity contribution in [3.05, 3.63) is 98.8 Å². The van der Waals surface area contributed by atoms with Gasteiger partial charge in [-0.1, -0.05) is 35.6 Å². The fraction of sp³-hybridized carbons (Fsp3) is 0.267. The maximum Gasteiger partial charge on any atom is 0.528 e. The Morgan fingerprint density at radius 2 is 1.68 bits per heavy atom. The Morgan fingerprint density at radius 1 is 1.02 bits per heavy atom. The number of anilines is 2. The number of carbonyl (C=O) groups is 1. The molecule has 0 N–H and O–H groups in total. The highest BCUT2D eigenvalue weighted by molar-refractivity contribution is 7.16. The number of quaternary nitrogens is 1. The number of azo groups is 1. The molecular formula is C30H29N8OS+. The third-order valence-corrected chi connectivity index (χ3v) is 8.03. The lowest BCUT2D eigenvalue weighted by atomic mass is 10.0. The Morgan fingerprint density at radius 3 is 2.30 bits per heavy atom. The summed E-state index contributed by atoms with van der Waals surface area (Å²) in [5.74, 6) is 0.424. The van der Waals surface area contributed by atoms with Gasteiger partial charge in [-0.25, -0.2) is 0 Å². The lowest BCUT2D eigenvalue weighted by Crippen LogP contribution is -2.55. The van der Waals surface area contributed by atoms with Crippen molar-refractivity contribution in [3.63, 3.8) is 0 Å². The van der Waals surface area contributed by atoms with Crippen LogP contribution in [0.3, 0.4) is 0 Å². The zero-order valence-electron chi connectivity index (χ0n) is 22.9. The molecular weight excluding hydrogens is 520 g/mol. The van der Waals surface area contributed by atoms with E-state index in [0.29, 0.717) is 33.1 Å². The van der Waals surface area contributed by atoms with Crippen LogP contribution >= 0.6 is 11.3 Å². The van der Waals surface area contributed by atoms with Gasteiger partial charge in [0.2, 0.25) is 5.13 Å². The first kappa shape index (κ1) is 26.9. The highest BCUT2D eigenvalue weighted by atomic mass is 32.1. The minimum Gasteiger partial charge on any atom is -0.378 e. The SMILES string of the molecule is [C-]#[N+]C([N+]#[C-])=C1/C(=C/c2sc(/N=N/c3ccc(N(C)C)cc3)nc2N2CC[N+](C)(C)CC2)C(=O)c2ccccc21. The molecule has 5 rings (SSSR count). The van der Waals surface area contributed by atoms with Crippen molar-refractivity contribution in [3.8, 4) is 0 Å². The monoisotopic (exact) mass is 549 g/mol. The number of thiazole rings is 1. The van der Waals surface area contributed by atoms with Gasteiger partial charge in [0, 0.05) is 30.9 Å². The third-order valence-electron chi connectivity index (χ3n) is 7.16. The highest BCUT2D eigenvalue weighted by Gasteiger charge is 2.36. The molecule has 2 aliphatic rings. The van der Waals surface area contributed by atoms with Gasteiger partial charge in [0.15, 0.2) is 5.78 Å². The van der Waals surface area contributed by atoms with Gasteiger partial charge in [0.25, 0.3) is 0 Å². The molecule has 0 unspecified atom stereocenters. The summed E-state index contributed by atoms with van der Waals surface area (Å²) < 4.78 is 0.923. The Kier molecular flexibility index (Phi) is 7.31. The van der Waals surface area contributed by atoms with Crippen molar-refractivity contribution in [2.75, 3.05) is 64.2 Å². The summed E-state index contributed by atoms with van der Waals surface area (Å²) in [5.41, 5.74) is 3.61. The largest absolute Gasteiger partial charge is 0.528 e. The van der Waals surface area contributed by atoms with E-state index in [-0.39, 0.29) is 11.6 Å². The Labute approximate surface area is 238 Å². The zero-order chi connectivity index (χ0) is 28.4. The predicted octanol–water partition coefficient (Wildman–Crippen LogP) is 6.31. The molecule has 1 fully saturated rings. The third kappa shape index (κ3) is 5.28. The number of hydrogen-bond acceptors (Lipinski definition) is 7. The van der Waals surface area contributed by atoms with E-state index in [9.17, 15) is 4.79 Å². The Hall–Kier alpha value is -4.64. The summed E-state index contributed by atoms with van der Waals surface area (Å²) in [6.07, 6.45) is 1.78. The number of allylic oxidation sites excluding steroid dienone is 2. The standard InChI is InChI=1S/C30H29N8OS/c1-31-28(32-2)26-22-9-7-8-10-23(22)27(39)24(26)19-25-29(37-15-17-38(5,6)18-16-37)33-30(40-25)35-34-20-11-13-21(14-12-20)36(3)4/h7-14,19H,15-18H2,3-6H3/q+1/b24-19-,35-34+. The smallest absolute Gasteiger partial charge is 0.378 e. The number of likely N-dealkylation sites (N-methyl/N-ethyl adjacent to an activating group) is 1. The van der Waals surface area contributed by atoms with Gasteiger partial charge in [-0.15, -0.1) is 10.2 Å². The van der Waals surface area contributed by atoms with Gasteiger partial charge in [-0.2, -0.15) is 14.7 Å².